The normalized spacial score (nSPS) is 26.1. The molecule has 1 aliphatic carbocycles. The first-order valence-electron chi connectivity index (χ1n) is 10.2. The van der Waals surface area contributed by atoms with Crippen LogP contribution in [-0.2, 0) is 6.42 Å². The van der Waals surface area contributed by atoms with Gasteiger partial charge in [-0.1, -0.05) is 31.2 Å². The minimum Gasteiger partial charge on any atom is -0.350 e. The highest BCUT2D eigenvalue weighted by molar-refractivity contribution is 6.03. The van der Waals surface area contributed by atoms with Crippen molar-refractivity contribution < 1.29 is 4.39 Å². The average Bonchev–Trinajstić information content (AvgIpc) is 3.17. The van der Waals surface area contributed by atoms with Crippen LogP contribution in [-0.4, -0.2) is 24.6 Å². The monoisotopic (exact) mass is 377 g/mol. The smallest absolute Gasteiger partial charge is 0.132 e. The summed E-state index contributed by atoms with van der Waals surface area (Å²) in [6, 6.07) is 5.66. The summed E-state index contributed by atoms with van der Waals surface area (Å²) in [5.74, 6) is 1.01. The van der Waals surface area contributed by atoms with Gasteiger partial charge in [0.2, 0.25) is 0 Å². The van der Waals surface area contributed by atoms with Crippen LogP contribution in [0, 0.1) is 11.7 Å². The number of fused-ring (bicyclic) bond motifs is 4. The molecule has 0 amide bonds. The molecule has 0 aromatic heterocycles. The molecule has 0 radical (unpaired) electrons. The molecule has 3 heterocycles. The van der Waals surface area contributed by atoms with E-state index in [-0.39, 0.29) is 17.8 Å². The van der Waals surface area contributed by atoms with E-state index < -0.39 is 0 Å². The van der Waals surface area contributed by atoms with Gasteiger partial charge in [0, 0.05) is 24.5 Å². The molecule has 0 fully saturated rings. The SMILES string of the molecule is CN=C(C)N/C=C1/C2=CC=C(CC2)C2CCC(=N2)c2c(F)cccc2CC1C. The second-order valence-electron chi connectivity index (χ2n) is 8.00. The molecule has 1 aromatic carbocycles. The minimum absolute atomic E-state index is 0.142. The quantitative estimate of drug-likeness (QED) is 0.534. The van der Waals surface area contributed by atoms with Gasteiger partial charge in [0.1, 0.15) is 5.82 Å². The van der Waals surface area contributed by atoms with Gasteiger partial charge in [-0.05, 0) is 73.3 Å². The first kappa shape index (κ1) is 18.9. The number of amidine groups is 1. The number of allylic oxidation sites excluding steroid dienone is 4. The van der Waals surface area contributed by atoms with Gasteiger partial charge in [0.25, 0.3) is 0 Å². The molecule has 4 aliphatic rings. The lowest BCUT2D eigenvalue weighted by atomic mass is 9.82. The van der Waals surface area contributed by atoms with E-state index in [1.165, 1.54) is 16.7 Å². The fraction of sp³-hybridized carbons (Fsp3) is 0.417. The Hall–Kier alpha value is -2.49. The highest BCUT2D eigenvalue weighted by Crippen LogP contribution is 2.37. The van der Waals surface area contributed by atoms with Crippen molar-refractivity contribution in [1.82, 2.24) is 5.32 Å². The maximum atomic E-state index is 14.8. The Morgan fingerprint density at radius 1 is 1.25 bits per heavy atom. The molecule has 0 saturated heterocycles. The summed E-state index contributed by atoms with van der Waals surface area (Å²) in [6.45, 7) is 4.19. The van der Waals surface area contributed by atoms with Crippen LogP contribution in [0.4, 0.5) is 4.39 Å². The maximum Gasteiger partial charge on any atom is 0.132 e. The highest BCUT2D eigenvalue weighted by Gasteiger charge is 2.28. The molecule has 1 N–H and O–H groups in total. The fourth-order valence-electron chi connectivity index (χ4n) is 4.52. The van der Waals surface area contributed by atoms with E-state index in [1.807, 2.05) is 13.0 Å². The number of rotatable bonds is 1. The number of hydrogen-bond acceptors (Lipinski definition) is 2. The topological polar surface area (TPSA) is 36.8 Å². The lowest BCUT2D eigenvalue weighted by Gasteiger charge is -2.25. The molecule has 4 bridgehead atoms. The molecular weight excluding hydrogens is 349 g/mol. The van der Waals surface area contributed by atoms with Crippen molar-refractivity contribution in [3.8, 4) is 0 Å². The predicted octanol–water partition coefficient (Wildman–Crippen LogP) is 5.14. The van der Waals surface area contributed by atoms with E-state index in [4.69, 9.17) is 4.99 Å². The van der Waals surface area contributed by atoms with Gasteiger partial charge in [0.05, 0.1) is 11.9 Å². The Kier molecular flexibility index (Phi) is 5.29. The third-order valence-corrected chi connectivity index (χ3v) is 6.16. The Morgan fingerprint density at radius 3 is 2.86 bits per heavy atom. The molecule has 1 aromatic rings. The van der Waals surface area contributed by atoms with E-state index >= 15 is 0 Å². The number of aliphatic imine (C=N–C) groups is 2. The average molecular weight is 378 g/mol. The summed E-state index contributed by atoms with van der Waals surface area (Å²) in [4.78, 5) is 9.15. The summed E-state index contributed by atoms with van der Waals surface area (Å²) in [5.41, 5.74) is 6.76. The molecule has 3 aliphatic heterocycles. The van der Waals surface area contributed by atoms with Gasteiger partial charge in [0.15, 0.2) is 0 Å². The molecule has 2 atom stereocenters. The molecule has 0 saturated carbocycles. The van der Waals surface area contributed by atoms with Crippen LogP contribution in [0.25, 0.3) is 0 Å². The number of nitrogens with zero attached hydrogens (tertiary/aromatic N) is 2. The van der Waals surface area contributed by atoms with Gasteiger partial charge in [-0.3, -0.25) is 9.98 Å². The van der Waals surface area contributed by atoms with E-state index in [0.717, 1.165) is 54.8 Å². The molecule has 3 nitrogen and oxygen atoms in total. The Bertz CT molecular complexity index is 933. The summed E-state index contributed by atoms with van der Waals surface area (Å²) in [5, 5.41) is 3.32. The van der Waals surface area contributed by atoms with Crippen molar-refractivity contribution in [2.45, 2.75) is 52.0 Å². The van der Waals surface area contributed by atoms with E-state index in [2.05, 4.69) is 41.7 Å². The molecule has 2 unspecified atom stereocenters. The van der Waals surface area contributed by atoms with E-state index in [1.54, 1.807) is 13.1 Å². The van der Waals surface area contributed by atoms with Crippen molar-refractivity contribution in [3.63, 3.8) is 0 Å². The molecule has 5 rings (SSSR count). The van der Waals surface area contributed by atoms with Crippen molar-refractivity contribution >= 4 is 11.5 Å². The van der Waals surface area contributed by atoms with Crippen LogP contribution in [0.2, 0.25) is 0 Å². The van der Waals surface area contributed by atoms with Gasteiger partial charge >= 0.3 is 0 Å². The number of benzene rings is 1. The van der Waals surface area contributed by atoms with Crippen molar-refractivity contribution in [2.24, 2.45) is 15.9 Å². The van der Waals surface area contributed by atoms with E-state index in [0.29, 0.717) is 0 Å². The second-order valence-corrected chi connectivity index (χ2v) is 8.00. The zero-order valence-electron chi connectivity index (χ0n) is 16.9. The van der Waals surface area contributed by atoms with Gasteiger partial charge in [-0.15, -0.1) is 0 Å². The lowest BCUT2D eigenvalue weighted by molar-refractivity contribution is 0.614. The first-order chi connectivity index (χ1) is 13.6. The van der Waals surface area contributed by atoms with Crippen LogP contribution in [0.1, 0.15) is 50.7 Å². The summed E-state index contributed by atoms with van der Waals surface area (Å²) in [6.07, 6.45) is 11.3. The molecular formula is C24H28FN3. The third kappa shape index (κ3) is 3.60. The summed E-state index contributed by atoms with van der Waals surface area (Å²) < 4.78 is 14.8. The number of hydrogen-bond donors (Lipinski definition) is 1. The van der Waals surface area contributed by atoms with Crippen molar-refractivity contribution in [1.29, 1.82) is 0 Å². The predicted molar refractivity (Wildman–Crippen MR) is 114 cm³/mol. The second kappa shape index (κ2) is 7.86. The number of halogens is 1. The van der Waals surface area contributed by atoms with Crippen LogP contribution in [0.15, 0.2) is 63.3 Å². The Balaban J connectivity index is 1.82. The van der Waals surface area contributed by atoms with E-state index in [9.17, 15) is 4.39 Å². The van der Waals surface area contributed by atoms with Crippen molar-refractivity contribution in [2.75, 3.05) is 7.05 Å². The lowest BCUT2D eigenvalue weighted by Crippen LogP contribution is -2.19. The van der Waals surface area contributed by atoms with Crippen LogP contribution in [0.3, 0.4) is 0 Å². The molecule has 0 spiro atoms. The Labute approximate surface area is 166 Å². The summed E-state index contributed by atoms with van der Waals surface area (Å²) >= 11 is 0. The highest BCUT2D eigenvalue weighted by atomic mass is 19.1. The molecule has 28 heavy (non-hydrogen) atoms. The molecule has 4 heteroatoms. The van der Waals surface area contributed by atoms with Gasteiger partial charge in [-0.25, -0.2) is 4.39 Å². The third-order valence-electron chi connectivity index (χ3n) is 6.16. The maximum absolute atomic E-state index is 14.8. The Morgan fingerprint density at radius 2 is 2.11 bits per heavy atom. The number of nitrogens with one attached hydrogen (secondary N) is 1. The van der Waals surface area contributed by atoms with Crippen LogP contribution in [0.5, 0.6) is 0 Å². The van der Waals surface area contributed by atoms with Gasteiger partial charge in [-0.2, -0.15) is 0 Å². The zero-order chi connectivity index (χ0) is 19.7. The van der Waals surface area contributed by atoms with Crippen molar-refractivity contribution in [3.05, 3.63) is 70.2 Å². The fourth-order valence-corrected chi connectivity index (χ4v) is 4.52. The first-order valence-corrected chi connectivity index (χ1v) is 10.2. The molecule has 146 valence electrons. The van der Waals surface area contributed by atoms with Gasteiger partial charge < -0.3 is 5.32 Å². The standard InChI is InChI=1S/C24H28FN3/c1-15-13-19-5-4-6-21(25)24(19)23-12-11-22(28-23)18-9-7-17(8-10-18)20(15)14-27-16(2)26-3/h4-7,9,14-15,22H,8,10-13H2,1-3H3,(H,26,27)/b20-14+. The largest absolute Gasteiger partial charge is 0.350 e. The summed E-state index contributed by atoms with van der Waals surface area (Å²) in [7, 11) is 1.79. The minimum atomic E-state index is -0.142. The van der Waals surface area contributed by atoms with Crippen LogP contribution >= 0.6 is 0 Å². The zero-order valence-corrected chi connectivity index (χ0v) is 16.9. The van der Waals surface area contributed by atoms with Crippen LogP contribution < -0.4 is 5.32 Å².